The Morgan fingerprint density at radius 2 is 2.12 bits per heavy atom. The second-order valence-electron chi connectivity index (χ2n) is 6.31. The first-order valence-electron chi connectivity index (χ1n) is 8.18. The highest BCUT2D eigenvalue weighted by atomic mass is 32.1. The van der Waals surface area contributed by atoms with Crippen molar-refractivity contribution in [3.63, 3.8) is 0 Å². The van der Waals surface area contributed by atoms with Crippen LogP contribution in [0.3, 0.4) is 0 Å². The molecule has 1 aromatic carbocycles. The van der Waals surface area contributed by atoms with Crippen LogP contribution in [0, 0.1) is 5.92 Å². The highest BCUT2D eigenvalue weighted by molar-refractivity contribution is 7.15. The standard InChI is InChI=1S/C18H20N4OS/c19-9-14-10-22(12-16(14)13-4-2-1-3-5-13)17(23)8-15-11-21-6-7-24-18(21)20-15/h1-7,11,14,16H,8-10,12,19H2/t14-,16+/m1/s1. The summed E-state index contributed by atoms with van der Waals surface area (Å²) < 4.78 is 1.97. The van der Waals surface area contributed by atoms with Crippen molar-refractivity contribution in [2.75, 3.05) is 19.6 Å². The molecule has 0 bridgehead atoms. The minimum atomic E-state index is 0.137. The minimum Gasteiger partial charge on any atom is -0.341 e. The second-order valence-corrected chi connectivity index (χ2v) is 7.19. The number of rotatable bonds is 4. The quantitative estimate of drug-likeness (QED) is 0.791. The number of carbonyl (C=O) groups is 1. The van der Waals surface area contributed by atoms with Crippen LogP contribution in [0.25, 0.3) is 4.96 Å². The maximum atomic E-state index is 12.7. The molecule has 3 heterocycles. The zero-order chi connectivity index (χ0) is 16.5. The number of nitrogens with zero attached hydrogens (tertiary/aromatic N) is 3. The fourth-order valence-electron chi connectivity index (χ4n) is 3.52. The third-order valence-corrected chi connectivity index (χ3v) is 5.57. The molecule has 6 heteroatoms. The summed E-state index contributed by atoms with van der Waals surface area (Å²) in [6, 6.07) is 10.4. The molecule has 0 saturated carbocycles. The van der Waals surface area contributed by atoms with E-state index in [1.54, 1.807) is 11.3 Å². The van der Waals surface area contributed by atoms with Crippen molar-refractivity contribution in [3.8, 4) is 0 Å². The number of benzene rings is 1. The maximum Gasteiger partial charge on any atom is 0.228 e. The molecule has 3 aromatic rings. The predicted molar refractivity (Wildman–Crippen MR) is 95.1 cm³/mol. The molecule has 0 radical (unpaired) electrons. The van der Waals surface area contributed by atoms with Crippen LogP contribution in [0.1, 0.15) is 17.2 Å². The molecule has 1 amide bonds. The Balaban J connectivity index is 1.48. The van der Waals surface area contributed by atoms with E-state index in [1.807, 2.05) is 45.3 Å². The molecular weight excluding hydrogens is 320 g/mol. The summed E-state index contributed by atoms with van der Waals surface area (Å²) in [5.74, 6) is 0.783. The van der Waals surface area contributed by atoms with Crippen LogP contribution in [0.2, 0.25) is 0 Å². The fourth-order valence-corrected chi connectivity index (χ4v) is 4.24. The first-order valence-corrected chi connectivity index (χ1v) is 9.06. The molecule has 0 unspecified atom stereocenters. The molecule has 1 aliphatic heterocycles. The third-order valence-electron chi connectivity index (χ3n) is 4.80. The van der Waals surface area contributed by atoms with Gasteiger partial charge in [-0.25, -0.2) is 4.98 Å². The van der Waals surface area contributed by atoms with Crippen molar-refractivity contribution in [2.24, 2.45) is 11.7 Å². The SMILES string of the molecule is NC[C@@H]1CN(C(=O)Cc2cn3ccsc3n2)C[C@H]1c1ccccc1. The highest BCUT2D eigenvalue weighted by Crippen LogP contribution is 2.32. The molecule has 24 heavy (non-hydrogen) atoms. The minimum absolute atomic E-state index is 0.137. The van der Waals surface area contributed by atoms with Gasteiger partial charge in [-0.2, -0.15) is 0 Å². The van der Waals surface area contributed by atoms with Crippen molar-refractivity contribution < 1.29 is 4.79 Å². The van der Waals surface area contributed by atoms with Gasteiger partial charge < -0.3 is 10.6 Å². The first-order chi connectivity index (χ1) is 11.7. The summed E-state index contributed by atoms with van der Waals surface area (Å²) >= 11 is 1.58. The molecular formula is C18H20N4OS. The van der Waals surface area contributed by atoms with Crippen LogP contribution in [0.4, 0.5) is 0 Å². The van der Waals surface area contributed by atoms with Gasteiger partial charge in [-0.05, 0) is 18.0 Å². The number of aromatic nitrogens is 2. The summed E-state index contributed by atoms with van der Waals surface area (Å²) in [7, 11) is 0. The molecule has 0 spiro atoms. The van der Waals surface area contributed by atoms with Crippen LogP contribution in [-0.4, -0.2) is 39.8 Å². The number of likely N-dealkylation sites (tertiary alicyclic amines) is 1. The number of imidazole rings is 1. The Hall–Kier alpha value is -2.18. The molecule has 1 saturated heterocycles. The lowest BCUT2D eigenvalue weighted by atomic mass is 9.89. The fraction of sp³-hybridized carbons (Fsp3) is 0.333. The summed E-state index contributed by atoms with van der Waals surface area (Å²) in [4.78, 5) is 20.1. The highest BCUT2D eigenvalue weighted by Gasteiger charge is 2.35. The van der Waals surface area contributed by atoms with Crippen LogP contribution < -0.4 is 5.73 Å². The smallest absolute Gasteiger partial charge is 0.228 e. The van der Waals surface area contributed by atoms with Crippen LogP contribution in [0.15, 0.2) is 48.1 Å². The molecule has 4 rings (SSSR count). The molecule has 5 nitrogen and oxygen atoms in total. The number of hydrogen-bond acceptors (Lipinski definition) is 4. The summed E-state index contributed by atoms with van der Waals surface area (Å²) in [6.45, 7) is 2.08. The molecule has 1 aliphatic rings. The van der Waals surface area contributed by atoms with Gasteiger partial charge >= 0.3 is 0 Å². The van der Waals surface area contributed by atoms with E-state index in [2.05, 4.69) is 17.1 Å². The lowest BCUT2D eigenvalue weighted by Crippen LogP contribution is -2.31. The van der Waals surface area contributed by atoms with Crippen LogP contribution >= 0.6 is 11.3 Å². The summed E-state index contributed by atoms with van der Waals surface area (Å²) in [5.41, 5.74) is 8.06. The van der Waals surface area contributed by atoms with Gasteiger partial charge in [-0.15, -0.1) is 11.3 Å². The van der Waals surface area contributed by atoms with E-state index in [1.165, 1.54) is 5.56 Å². The van der Waals surface area contributed by atoms with Crippen molar-refractivity contribution in [2.45, 2.75) is 12.3 Å². The van der Waals surface area contributed by atoms with Crippen LogP contribution in [-0.2, 0) is 11.2 Å². The van der Waals surface area contributed by atoms with Crippen LogP contribution in [0.5, 0.6) is 0 Å². The Morgan fingerprint density at radius 1 is 1.29 bits per heavy atom. The third kappa shape index (κ3) is 2.83. The van der Waals surface area contributed by atoms with E-state index < -0.39 is 0 Å². The monoisotopic (exact) mass is 340 g/mol. The zero-order valence-electron chi connectivity index (χ0n) is 13.3. The van der Waals surface area contributed by atoms with Gasteiger partial charge in [-0.3, -0.25) is 9.20 Å². The normalized spacial score (nSPS) is 20.8. The van der Waals surface area contributed by atoms with E-state index in [0.29, 0.717) is 24.8 Å². The van der Waals surface area contributed by atoms with Gasteiger partial charge in [0.2, 0.25) is 5.91 Å². The van der Waals surface area contributed by atoms with E-state index in [0.717, 1.165) is 23.7 Å². The van der Waals surface area contributed by atoms with E-state index in [4.69, 9.17) is 5.73 Å². The van der Waals surface area contributed by atoms with E-state index in [-0.39, 0.29) is 5.91 Å². The zero-order valence-corrected chi connectivity index (χ0v) is 14.2. The number of fused-ring (bicyclic) bond motifs is 1. The summed E-state index contributed by atoms with van der Waals surface area (Å²) in [6.07, 6.45) is 4.26. The molecule has 2 N–H and O–H groups in total. The predicted octanol–water partition coefficient (Wildman–Crippen LogP) is 2.14. The molecule has 1 fully saturated rings. The Kier molecular flexibility index (Phi) is 4.08. The Bertz CT molecular complexity index is 812. The first kappa shape index (κ1) is 15.4. The Labute approximate surface area is 144 Å². The van der Waals surface area contributed by atoms with Gasteiger partial charge in [0.05, 0.1) is 12.1 Å². The number of carbonyl (C=O) groups excluding carboxylic acids is 1. The van der Waals surface area contributed by atoms with Crippen molar-refractivity contribution in [1.82, 2.24) is 14.3 Å². The molecule has 0 aliphatic carbocycles. The van der Waals surface area contributed by atoms with Gasteiger partial charge in [0.15, 0.2) is 4.96 Å². The average Bonchev–Trinajstić information content (AvgIpc) is 3.29. The number of thiazole rings is 1. The molecule has 124 valence electrons. The number of hydrogen-bond donors (Lipinski definition) is 1. The maximum absolute atomic E-state index is 12.7. The van der Waals surface area contributed by atoms with Gasteiger partial charge in [0.1, 0.15) is 0 Å². The Morgan fingerprint density at radius 3 is 2.88 bits per heavy atom. The number of nitrogens with two attached hydrogens (primary N) is 1. The van der Waals surface area contributed by atoms with E-state index in [9.17, 15) is 4.79 Å². The van der Waals surface area contributed by atoms with Gasteiger partial charge in [0.25, 0.3) is 0 Å². The van der Waals surface area contributed by atoms with Crippen molar-refractivity contribution in [3.05, 3.63) is 59.4 Å². The van der Waals surface area contributed by atoms with Gasteiger partial charge in [-0.1, -0.05) is 30.3 Å². The van der Waals surface area contributed by atoms with Crippen molar-refractivity contribution in [1.29, 1.82) is 0 Å². The lowest BCUT2D eigenvalue weighted by Gasteiger charge is -2.16. The van der Waals surface area contributed by atoms with Gasteiger partial charge in [0, 0.05) is 36.8 Å². The number of amides is 1. The lowest BCUT2D eigenvalue weighted by molar-refractivity contribution is -0.129. The topological polar surface area (TPSA) is 63.6 Å². The summed E-state index contributed by atoms with van der Waals surface area (Å²) in [5, 5.41) is 1.99. The molecule has 2 aromatic heterocycles. The average molecular weight is 340 g/mol. The molecule has 2 atom stereocenters. The van der Waals surface area contributed by atoms with Crippen molar-refractivity contribution >= 4 is 22.2 Å². The van der Waals surface area contributed by atoms with E-state index >= 15 is 0 Å². The second kappa shape index (κ2) is 6.37. The largest absolute Gasteiger partial charge is 0.341 e.